The molecular formula is C13H13N5OS. The van der Waals surface area contributed by atoms with Crippen LogP contribution in [0.5, 0.6) is 0 Å². The Hall–Kier alpha value is -2.28. The Morgan fingerprint density at radius 2 is 2.20 bits per heavy atom. The molecule has 0 spiro atoms. The molecule has 0 saturated carbocycles. The summed E-state index contributed by atoms with van der Waals surface area (Å²) in [6.07, 6.45) is 5.80. The number of rotatable bonds is 4. The normalized spacial score (nSPS) is 10.8. The number of carbonyl (C=O) groups excluding carboxylic acids is 1. The van der Waals surface area contributed by atoms with Gasteiger partial charge in [-0.3, -0.25) is 9.78 Å². The molecule has 0 saturated heterocycles. The van der Waals surface area contributed by atoms with Gasteiger partial charge in [0.05, 0.1) is 11.9 Å². The number of hydrogen-bond acceptors (Lipinski definition) is 5. The summed E-state index contributed by atoms with van der Waals surface area (Å²) in [6.45, 7) is 2.49. The third-order valence-electron chi connectivity index (χ3n) is 2.77. The number of nitrogens with zero attached hydrogens (tertiary/aromatic N) is 4. The largest absolute Gasteiger partial charge is 0.352 e. The summed E-state index contributed by atoms with van der Waals surface area (Å²) in [5.41, 5.74) is 1.57. The predicted molar refractivity (Wildman–Crippen MR) is 75.9 cm³/mol. The molecule has 102 valence electrons. The number of amides is 1. The van der Waals surface area contributed by atoms with Gasteiger partial charge in [-0.25, -0.2) is 9.50 Å². The molecule has 0 aliphatic rings. The SMILES string of the molecule is Cc1cn2nc(CCNC(=O)c3ccncc3)sc2n1. The molecule has 3 heterocycles. The number of hydrogen-bond donors (Lipinski definition) is 1. The molecule has 3 rings (SSSR count). The van der Waals surface area contributed by atoms with Gasteiger partial charge >= 0.3 is 0 Å². The van der Waals surface area contributed by atoms with E-state index in [2.05, 4.69) is 20.4 Å². The van der Waals surface area contributed by atoms with Crippen molar-refractivity contribution in [2.24, 2.45) is 0 Å². The van der Waals surface area contributed by atoms with E-state index in [4.69, 9.17) is 0 Å². The Bertz CT molecular complexity index is 702. The molecule has 7 heteroatoms. The van der Waals surface area contributed by atoms with Crippen molar-refractivity contribution < 1.29 is 4.79 Å². The van der Waals surface area contributed by atoms with Gasteiger partial charge in [0.2, 0.25) is 4.96 Å². The van der Waals surface area contributed by atoms with Crippen LogP contribution in [0, 0.1) is 6.92 Å². The Labute approximate surface area is 119 Å². The lowest BCUT2D eigenvalue weighted by molar-refractivity contribution is 0.0954. The van der Waals surface area contributed by atoms with E-state index < -0.39 is 0 Å². The number of imidazole rings is 1. The number of nitrogens with one attached hydrogen (secondary N) is 1. The second-order valence-electron chi connectivity index (χ2n) is 4.35. The van der Waals surface area contributed by atoms with E-state index in [1.807, 2.05) is 13.1 Å². The van der Waals surface area contributed by atoms with Crippen LogP contribution in [0.3, 0.4) is 0 Å². The molecule has 3 aromatic rings. The minimum Gasteiger partial charge on any atom is -0.352 e. The van der Waals surface area contributed by atoms with E-state index >= 15 is 0 Å². The molecule has 6 nitrogen and oxygen atoms in total. The summed E-state index contributed by atoms with van der Waals surface area (Å²) in [4.78, 5) is 20.9. The van der Waals surface area contributed by atoms with Crippen molar-refractivity contribution >= 4 is 22.2 Å². The van der Waals surface area contributed by atoms with E-state index in [1.54, 1.807) is 40.4 Å². The second kappa shape index (κ2) is 5.38. The summed E-state index contributed by atoms with van der Waals surface area (Å²) in [6, 6.07) is 3.38. The maximum atomic E-state index is 11.8. The first-order valence-corrected chi connectivity index (χ1v) is 7.04. The molecule has 3 aromatic heterocycles. The van der Waals surface area contributed by atoms with Gasteiger partial charge in [-0.2, -0.15) is 5.10 Å². The van der Waals surface area contributed by atoms with Crippen LogP contribution in [0.2, 0.25) is 0 Å². The zero-order chi connectivity index (χ0) is 13.9. The van der Waals surface area contributed by atoms with Crippen LogP contribution in [0.25, 0.3) is 4.96 Å². The van der Waals surface area contributed by atoms with Crippen LogP contribution in [-0.2, 0) is 6.42 Å². The summed E-state index contributed by atoms with van der Waals surface area (Å²) in [7, 11) is 0. The molecule has 1 N–H and O–H groups in total. The zero-order valence-electron chi connectivity index (χ0n) is 10.9. The van der Waals surface area contributed by atoms with Crippen molar-refractivity contribution in [2.75, 3.05) is 6.54 Å². The van der Waals surface area contributed by atoms with Crippen molar-refractivity contribution in [1.82, 2.24) is 24.9 Å². The molecule has 0 bridgehead atoms. The van der Waals surface area contributed by atoms with Gasteiger partial charge in [0.25, 0.3) is 5.91 Å². The lowest BCUT2D eigenvalue weighted by Gasteiger charge is -2.02. The topological polar surface area (TPSA) is 72.2 Å². The molecule has 0 fully saturated rings. The molecule has 0 radical (unpaired) electrons. The van der Waals surface area contributed by atoms with E-state index in [0.29, 0.717) is 18.5 Å². The second-order valence-corrected chi connectivity index (χ2v) is 5.39. The lowest BCUT2D eigenvalue weighted by Crippen LogP contribution is -2.25. The average molecular weight is 287 g/mol. The highest BCUT2D eigenvalue weighted by Crippen LogP contribution is 2.14. The van der Waals surface area contributed by atoms with Crippen LogP contribution in [0.15, 0.2) is 30.7 Å². The summed E-state index contributed by atoms with van der Waals surface area (Å²) < 4.78 is 1.78. The quantitative estimate of drug-likeness (QED) is 0.788. The average Bonchev–Trinajstić information content (AvgIpc) is 2.96. The van der Waals surface area contributed by atoms with Crippen molar-refractivity contribution in [2.45, 2.75) is 13.3 Å². The molecular weight excluding hydrogens is 274 g/mol. The van der Waals surface area contributed by atoms with Gasteiger partial charge in [-0.15, -0.1) is 0 Å². The van der Waals surface area contributed by atoms with Crippen LogP contribution in [-0.4, -0.2) is 32.0 Å². The van der Waals surface area contributed by atoms with Gasteiger partial charge in [-0.05, 0) is 19.1 Å². The Morgan fingerprint density at radius 1 is 1.40 bits per heavy atom. The fourth-order valence-electron chi connectivity index (χ4n) is 1.84. The van der Waals surface area contributed by atoms with E-state index in [0.717, 1.165) is 15.7 Å². The standard InChI is InChI=1S/C13H13N5OS/c1-9-8-18-13(16-9)20-11(17-18)4-7-15-12(19)10-2-5-14-6-3-10/h2-3,5-6,8H,4,7H2,1H3,(H,15,19). The monoisotopic (exact) mass is 287 g/mol. The highest BCUT2D eigenvalue weighted by molar-refractivity contribution is 7.16. The summed E-state index contributed by atoms with van der Waals surface area (Å²) >= 11 is 1.55. The maximum absolute atomic E-state index is 11.8. The first-order valence-electron chi connectivity index (χ1n) is 6.22. The van der Waals surface area contributed by atoms with Gasteiger partial charge in [0.15, 0.2) is 0 Å². The Morgan fingerprint density at radius 3 is 2.95 bits per heavy atom. The van der Waals surface area contributed by atoms with Gasteiger partial charge in [0.1, 0.15) is 5.01 Å². The van der Waals surface area contributed by atoms with Gasteiger partial charge < -0.3 is 5.32 Å². The van der Waals surface area contributed by atoms with Crippen molar-refractivity contribution in [1.29, 1.82) is 0 Å². The highest BCUT2D eigenvalue weighted by atomic mass is 32.1. The number of aryl methyl sites for hydroxylation is 1. The third-order valence-corrected chi connectivity index (χ3v) is 3.75. The zero-order valence-corrected chi connectivity index (χ0v) is 11.7. The van der Waals surface area contributed by atoms with Crippen molar-refractivity contribution in [3.8, 4) is 0 Å². The smallest absolute Gasteiger partial charge is 0.251 e. The Kier molecular flexibility index (Phi) is 3.42. The fourth-order valence-corrected chi connectivity index (χ4v) is 2.76. The highest BCUT2D eigenvalue weighted by Gasteiger charge is 2.08. The number of pyridine rings is 1. The fraction of sp³-hybridized carbons (Fsp3) is 0.231. The van der Waals surface area contributed by atoms with Crippen LogP contribution in [0.1, 0.15) is 21.1 Å². The number of fused-ring (bicyclic) bond motifs is 1. The molecule has 20 heavy (non-hydrogen) atoms. The molecule has 1 amide bonds. The number of aromatic nitrogens is 4. The molecule has 0 unspecified atom stereocenters. The van der Waals surface area contributed by atoms with E-state index in [9.17, 15) is 4.79 Å². The molecule has 0 aliphatic carbocycles. The lowest BCUT2D eigenvalue weighted by atomic mass is 10.2. The van der Waals surface area contributed by atoms with Crippen LogP contribution >= 0.6 is 11.3 Å². The predicted octanol–water partition coefficient (Wildman–Crippen LogP) is 1.47. The first-order chi connectivity index (χ1) is 9.72. The molecule has 0 atom stereocenters. The number of carbonyl (C=O) groups is 1. The van der Waals surface area contributed by atoms with Crippen LogP contribution in [0.4, 0.5) is 0 Å². The summed E-state index contributed by atoms with van der Waals surface area (Å²) in [5.74, 6) is -0.0930. The molecule has 0 aromatic carbocycles. The van der Waals surface area contributed by atoms with Crippen LogP contribution < -0.4 is 5.32 Å². The van der Waals surface area contributed by atoms with E-state index in [-0.39, 0.29) is 5.91 Å². The maximum Gasteiger partial charge on any atom is 0.251 e. The van der Waals surface area contributed by atoms with Gasteiger partial charge in [-0.1, -0.05) is 11.3 Å². The minimum atomic E-state index is -0.0930. The van der Waals surface area contributed by atoms with Crippen molar-refractivity contribution in [3.05, 3.63) is 47.0 Å². The first kappa shape index (κ1) is 12.7. The van der Waals surface area contributed by atoms with E-state index in [1.165, 1.54) is 0 Å². The Balaban J connectivity index is 1.57. The summed E-state index contributed by atoms with van der Waals surface area (Å²) in [5, 5.41) is 8.24. The van der Waals surface area contributed by atoms with Gasteiger partial charge in [0, 0.05) is 30.9 Å². The molecule has 0 aliphatic heterocycles. The minimum absolute atomic E-state index is 0.0930. The third kappa shape index (κ3) is 2.67. The van der Waals surface area contributed by atoms with Crippen molar-refractivity contribution in [3.63, 3.8) is 0 Å².